The van der Waals surface area contributed by atoms with E-state index in [2.05, 4.69) is 10.3 Å². The summed E-state index contributed by atoms with van der Waals surface area (Å²) in [4.78, 5) is 28.9. The fraction of sp³-hybridized carbons (Fsp3) is 0.194. The van der Waals surface area contributed by atoms with E-state index in [1.165, 1.54) is 18.2 Å². The average molecular weight is 612 g/mol. The highest BCUT2D eigenvalue weighted by Crippen LogP contribution is 2.44. The molecule has 0 aliphatic heterocycles. The quantitative estimate of drug-likeness (QED) is 0.173. The number of nitrogens with one attached hydrogen (secondary N) is 1. The Bertz CT molecular complexity index is 1840. The van der Waals surface area contributed by atoms with Crippen LogP contribution in [0.1, 0.15) is 62.6 Å². The number of hydrogen-bond acceptors (Lipinski definition) is 6. The Labute approximate surface area is 247 Å². The summed E-state index contributed by atoms with van der Waals surface area (Å²) in [6.45, 7) is 6.06. The lowest BCUT2D eigenvalue weighted by Crippen LogP contribution is -2.16. The molecule has 0 unspecified atom stereocenters. The number of thiophene rings is 1. The number of alkyl halides is 3. The Morgan fingerprint density at radius 2 is 1.79 bits per heavy atom. The van der Waals surface area contributed by atoms with Crippen LogP contribution in [0.2, 0.25) is 0 Å². The molecule has 2 amide bonds. The first-order valence-corrected chi connectivity index (χ1v) is 13.9. The number of primary amides is 1. The van der Waals surface area contributed by atoms with E-state index in [0.717, 1.165) is 29.3 Å². The lowest BCUT2D eigenvalue weighted by Gasteiger charge is -2.14. The van der Waals surface area contributed by atoms with Gasteiger partial charge in [-0.1, -0.05) is 38.1 Å². The van der Waals surface area contributed by atoms with Gasteiger partial charge in [0.05, 0.1) is 5.69 Å². The van der Waals surface area contributed by atoms with Crippen molar-refractivity contribution in [2.45, 2.75) is 39.5 Å². The number of halogens is 4. The molecule has 5 rings (SSSR count). The summed E-state index contributed by atoms with van der Waals surface area (Å²) in [7, 11) is 0. The van der Waals surface area contributed by atoms with Crippen molar-refractivity contribution < 1.29 is 36.3 Å². The third-order valence-corrected chi connectivity index (χ3v) is 7.71. The Morgan fingerprint density at radius 1 is 1.07 bits per heavy atom. The molecule has 0 radical (unpaired) electrons. The minimum absolute atomic E-state index is 0.0241. The van der Waals surface area contributed by atoms with Gasteiger partial charge in [0.1, 0.15) is 39.3 Å². The molecule has 0 spiro atoms. The summed E-state index contributed by atoms with van der Waals surface area (Å²) in [5, 5.41) is 2.61. The zero-order valence-corrected chi connectivity index (χ0v) is 24.0. The fourth-order valence-electron chi connectivity index (χ4n) is 4.54. The Hall–Kier alpha value is -4.71. The van der Waals surface area contributed by atoms with E-state index in [4.69, 9.17) is 14.9 Å². The second-order valence-corrected chi connectivity index (χ2v) is 11.1. The molecule has 3 aromatic heterocycles. The van der Waals surface area contributed by atoms with Gasteiger partial charge in [0.2, 0.25) is 0 Å². The summed E-state index contributed by atoms with van der Waals surface area (Å²) >= 11 is 0.602. The Morgan fingerprint density at radius 3 is 2.44 bits per heavy atom. The number of hydrogen-bond donors (Lipinski definition) is 2. The molecule has 0 atom stereocenters. The van der Waals surface area contributed by atoms with E-state index >= 15 is 0 Å². The lowest BCUT2D eigenvalue weighted by atomic mass is 10.0. The van der Waals surface area contributed by atoms with Gasteiger partial charge in [0, 0.05) is 5.39 Å². The number of nitrogens with two attached hydrogens (primary N) is 1. The Kier molecular flexibility index (Phi) is 7.98. The predicted molar refractivity (Wildman–Crippen MR) is 155 cm³/mol. The number of rotatable bonds is 8. The van der Waals surface area contributed by atoms with Gasteiger partial charge in [-0.3, -0.25) is 9.59 Å². The lowest BCUT2D eigenvalue weighted by molar-refractivity contribution is -0.140. The number of aryl methyl sites for hydroxylation is 1. The van der Waals surface area contributed by atoms with Gasteiger partial charge in [-0.25, -0.2) is 9.37 Å². The highest BCUT2D eigenvalue weighted by atomic mass is 32.1. The molecule has 12 heteroatoms. The molecule has 0 saturated heterocycles. The highest BCUT2D eigenvalue weighted by molar-refractivity contribution is 7.21. The van der Waals surface area contributed by atoms with E-state index in [9.17, 15) is 27.2 Å². The van der Waals surface area contributed by atoms with E-state index in [1.807, 2.05) is 39.0 Å². The zero-order valence-electron chi connectivity index (χ0n) is 23.1. The van der Waals surface area contributed by atoms with Crippen LogP contribution in [0.5, 0.6) is 5.75 Å². The average Bonchev–Trinajstić information content (AvgIpc) is 3.56. The van der Waals surface area contributed by atoms with Crippen molar-refractivity contribution in [3.63, 3.8) is 0 Å². The number of nitrogens with zero attached hydrogens (tertiary/aromatic N) is 1. The summed E-state index contributed by atoms with van der Waals surface area (Å²) in [6, 6.07) is 14.4. The predicted octanol–water partition coefficient (Wildman–Crippen LogP) is 8.08. The largest absolute Gasteiger partial charge is 0.485 e. The van der Waals surface area contributed by atoms with Crippen LogP contribution in [0.4, 0.5) is 23.2 Å². The number of fused-ring (bicyclic) bond motifs is 1. The van der Waals surface area contributed by atoms with Gasteiger partial charge >= 0.3 is 6.18 Å². The number of aromatic nitrogens is 1. The molecule has 0 bridgehead atoms. The second-order valence-electron chi connectivity index (χ2n) is 10.1. The molecule has 3 heterocycles. The maximum atomic E-state index is 13.7. The number of pyridine rings is 1. The molecule has 222 valence electrons. The third-order valence-electron chi connectivity index (χ3n) is 6.62. The van der Waals surface area contributed by atoms with Crippen LogP contribution in [-0.2, 0) is 12.8 Å². The van der Waals surface area contributed by atoms with Crippen LogP contribution >= 0.6 is 11.3 Å². The SMILES string of the molecule is Cc1ccc(C(C)C)c(OCc2ccc(C(=O)Nc3c(C(N)=O)sc4nc(C(F)(F)F)cc(-c5ccc(F)cc5)c34)o2)c1. The summed E-state index contributed by atoms with van der Waals surface area (Å²) < 4.78 is 66.5. The molecule has 43 heavy (non-hydrogen) atoms. The molecular weight excluding hydrogens is 586 g/mol. The second kappa shape index (κ2) is 11.5. The van der Waals surface area contributed by atoms with E-state index < -0.39 is 29.5 Å². The van der Waals surface area contributed by atoms with Gasteiger partial charge in [-0.05, 0) is 71.5 Å². The highest BCUT2D eigenvalue weighted by Gasteiger charge is 2.35. The molecule has 0 aliphatic carbocycles. The number of amides is 2. The molecule has 2 aromatic carbocycles. The summed E-state index contributed by atoms with van der Waals surface area (Å²) in [5.74, 6) is -1.24. The number of benzene rings is 2. The van der Waals surface area contributed by atoms with Crippen molar-refractivity contribution in [2.75, 3.05) is 5.32 Å². The van der Waals surface area contributed by atoms with Crippen LogP contribution < -0.4 is 15.8 Å². The van der Waals surface area contributed by atoms with Crippen molar-refractivity contribution in [3.05, 3.63) is 99.7 Å². The third kappa shape index (κ3) is 6.24. The first kappa shape index (κ1) is 29.8. The number of furan rings is 1. The molecular formula is C31H25F4N3O4S. The van der Waals surface area contributed by atoms with Crippen LogP contribution in [-0.4, -0.2) is 16.8 Å². The fourth-order valence-corrected chi connectivity index (χ4v) is 5.55. The molecule has 0 aliphatic rings. The van der Waals surface area contributed by atoms with Gasteiger partial charge in [-0.2, -0.15) is 13.2 Å². The van der Waals surface area contributed by atoms with Crippen molar-refractivity contribution in [1.29, 1.82) is 0 Å². The zero-order chi connectivity index (χ0) is 31.1. The standard InChI is InChI=1S/C31H25F4N3O4S/c1-15(2)20-10-4-16(3)12-23(20)41-14-19-9-11-22(42-19)29(40)38-26-25-21(17-5-7-18(32)8-6-17)13-24(31(33,34)35)37-30(25)43-27(26)28(36)39/h4-13,15H,14H2,1-3H3,(H2,36,39)(H,38,40). The molecule has 7 nitrogen and oxygen atoms in total. The number of carbonyl (C=O) groups excluding carboxylic acids is 2. The number of ether oxygens (including phenoxy) is 1. The molecule has 5 aromatic rings. The van der Waals surface area contributed by atoms with Crippen molar-refractivity contribution in [2.24, 2.45) is 5.73 Å². The number of carbonyl (C=O) groups is 2. The van der Waals surface area contributed by atoms with Crippen molar-refractivity contribution in [1.82, 2.24) is 4.98 Å². The Balaban J connectivity index is 1.50. The van der Waals surface area contributed by atoms with Crippen molar-refractivity contribution in [3.8, 4) is 16.9 Å². The van der Waals surface area contributed by atoms with E-state index in [0.29, 0.717) is 22.8 Å². The molecule has 0 saturated carbocycles. The first-order chi connectivity index (χ1) is 20.3. The maximum Gasteiger partial charge on any atom is 0.433 e. The van der Waals surface area contributed by atoms with Gasteiger partial charge in [-0.15, -0.1) is 11.3 Å². The normalized spacial score (nSPS) is 11.7. The minimum atomic E-state index is -4.82. The van der Waals surface area contributed by atoms with Gasteiger partial charge < -0.3 is 20.2 Å². The van der Waals surface area contributed by atoms with Crippen LogP contribution in [0, 0.1) is 12.7 Å². The van der Waals surface area contributed by atoms with Crippen LogP contribution in [0.25, 0.3) is 21.3 Å². The summed E-state index contributed by atoms with van der Waals surface area (Å²) in [5.41, 5.74) is 6.41. The maximum absolute atomic E-state index is 13.7. The minimum Gasteiger partial charge on any atom is -0.485 e. The monoisotopic (exact) mass is 611 g/mol. The van der Waals surface area contributed by atoms with Gasteiger partial charge in [0.15, 0.2) is 5.76 Å². The topological polar surface area (TPSA) is 107 Å². The molecule has 0 fully saturated rings. The summed E-state index contributed by atoms with van der Waals surface area (Å²) in [6.07, 6.45) is -4.82. The first-order valence-electron chi connectivity index (χ1n) is 13.1. The van der Waals surface area contributed by atoms with E-state index in [1.54, 1.807) is 6.07 Å². The van der Waals surface area contributed by atoms with E-state index in [-0.39, 0.29) is 50.2 Å². The van der Waals surface area contributed by atoms with Gasteiger partial charge in [0.25, 0.3) is 11.8 Å². The van der Waals surface area contributed by atoms with Crippen LogP contribution in [0.15, 0.2) is 65.1 Å². The van der Waals surface area contributed by atoms with Crippen LogP contribution in [0.3, 0.4) is 0 Å². The van der Waals surface area contributed by atoms with Crippen molar-refractivity contribution >= 4 is 39.1 Å². The number of anilines is 1. The molecule has 3 N–H and O–H groups in total. The smallest absolute Gasteiger partial charge is 0.433 e.